The Labute approximate surface area is 160 Å². The first-order valence-corrected chi connectivity index (χ1v) is 8.65. The summed E-state index contributed by atoms with van der Waals surface area (Å²) < 4.78 is 11.5. The van der Waals surface area contributed by atoms with E-state index < -0.39 is 27.6 Å². The molecule has 27 heavy (non-hydrogen) atoms. The Bertz CT molecular complexity index is 930. The Kier molecular flexibility index (Phi) is 4.35. The van der Waals surface area contributed by atoms with Crippen molar-refractivity contribution in [3.8, 4) is 12.1 Å². The minimum absolute atomic E-state index is 0.0380. The molecule has 1 aliphatic carbocycles. The average molecular weight is 391 g/mol. The summed E-state index contributed by atoms with van der Waals surface area (Å²) in [5, 5.41) is 31.3. The van der Waals surface area contributed by atoms with Gasteiger partial charge in [0.25, 0.3) is 11.5 Å². The van der Waals surface area contributed by atoms with E-state index >= 15 is 0 Å². The number of benzene rings is 1. The van der Waals surface area contributed by atoms with Crippen LogP contribution in [0.1, 0.15) is 25.3 Å². The van der Waals surface area contributed by atoms with Crippen LogP contribution < -0.4 is 10.7 Å². The minimum Gasteiger partial charge on any atom is -0.314 e. The predicted molar refractivity (Wildman–Crippen MR) is 93.1 cm³/mol. The lowest BCUT2D eigenvalue weighted by atomic mass is 9.93. The van der Waals surface area contributed by atoms with E-state index in [9.17, 15) is 20.6 Å². The van der Waals surface area contributed by atoms with Gasteiger partial charge in [0, 0.05) is 12.0 Å². The maximum absolute atomic E-state index is 11.3. The van der Waals surface area contributed by atoms with Gasteiger partial charge in [-0.2, -0.15) is 10.5 Å². The van der Waals surface area contributed by atoms with E-state index in [1.54, 1.807) is 19.9 Å². The molecule has 1 fully saturated rings. The zero-order valence-corrected chi connectivity index (χ0v) is 15.4. The Balaban J connectivity index is 2.24. The van der Waals surface area contributed by atoms with Gasteiger partial charge in [-0.1, -0.05) is 17.7 Å². The molecule has 0 bridgehead atoms. The maximum Gasteiger partial charge on any atom is 0.343 e. The first kappa shape index (κ1) is 19.1. The molecule has 3 N–H and O–H groups in total. The van der Waals surface area contributed by atoms with Crippen molar-refractivity contribution in [2.45, 2.75) is 25.7 Å². The van der Waals surface area contributed by atoms with Crippen LogP contribution in [0.25, 0.3) is 0 Å². The third-order valence-electron chi connectivity index (χ3n) is 5.20. The van der Waals surface area contributed by atoms with Crippen LogP contribution in [-0.2, 0) is 9.47 Å². The van der Waals surface area contributed by atoms with Crippen LogP contribution in [0.4, 0.5) is 5.69 Å². The second kappa shape index (κ2) is 6.17. The molecule has 2 aliphatic rings. The van der Waals surface area contributed by atoms with E-state index in [0.29, 0.717) is 5.56 Å². The summed E-state index contributed by atoms with van der Waals surface area (Å²) in [4.78, 5) is 13.5. The van der Waals surface area contributed by atoms with Gasteiger partial charge >= 0.3 is 5.91 Å². The lowest BCUT2D eigenvalue weighted by Gasteiger charge is -2.29. The van der Waals surface area contributed by atoms with E-state index in [1.165, 1.54) is 12.1 Å². The highest BCUT2D eigenvalue weighted by molar-refractivity contribution is 6.32. The smallest absolute Gasteiger partial charge is 0.314 e. The molecule has 0 unspecified atom stereocenters. The molecule has 1 aromatic rings. The number of hydrogen-bond acceptors (Lipinski definition) is 7. The third-order valence-corrected chi connectivity index (χ3v) is 5.52. The molecule has 3 atom stereocenters. The molecule has 0 saturated heterocycles. The fourth-order valence-corrected chi connectivity index (χ4v) is 4.39. The molecule has 1 saturated carbocycles. The number of hydrogen-bond donors (Lipinski definition) is 2. The van der Waals surface area contributed by atoms with Gasteiger partial charge in [-0.25, -0.2) is 4.99 Å². The van der Waals surface area contributed by atoms with Crippen molar-refractivity contribution in [2.75, 3.05) is 13.2 Å². The fourth-order valence-electron chi connectivity index (χ4n) is 4.20. The standard InChI is InChI=1S/C17H16ClN5O4/c1-3-26-17(27-4-2)16(9-20)13(15(16,8-19)14(21)22-17)10-5-6-11(18)12(7-10)23(24)25/h5-7,13H,3-4H2,1-2H3,(H2,21,22)/p+1/t13-,15-,16-/m1/s1. The summed E-state index contributed by atoms with van der Waals surface area (Å²) in [5.74, 6) is -2.38. The van der Waals surface area contributed by atoms with E-state index in [2.05, 4.69) is 17.1 Å². The summed E-state index contributed by atoms with van der Waals surface area (Å²) in [6.45, 7) is 3.83. The summed E-state index contributed by atoms with van der Waals surface area (Å²) in [5.41, 5.74) is 3.25. The van der Waals surface area contributed by atoms with Gasteiger partial charge in [-0.05, 0) is 25.5 Å². The molecule has 0 radical (unpaired) electrons. The molecule has 1 aromatic carbocycles. The van der Waals surface area contributed by atoms with Gasteiger partial charge in [-0.3, -0.25) is 15.8 Å². The average Bonchev–Trinajstić information content (AvgIpc) is 3.21. The fraction of sp³-hybridized carbons (Fsp3) is 0.471. The quantitative estimate of drug-likeness (QED) is 0.409. The summed E-state index contributed by atoms with van der Waals surface area (Å²) >= 11 is 5.89. The number of ether oxygens (including phenoxy) is 2. The van der Waals surface area contributed by atoms with E-state index in [4.69, 9.17) is 26.8 Å². The second-order valence-corrected chi connectivity index (χ2v) is 6.67. The maximum atomic E-state index is 11.3. The van der Waals surface area contributed by atoms with Gasteiger partial charge in [0.05, 0.1) is 30.3 Å². The van der Waals surface area contributed by atoms with Crippen LogP contribution in [0.15, 0.2) is 18.2 Å². The van der Waals surface area contributed by atoms with Crippen molar-refractivity contribution in [3.63, 3.8) is 0 Å². The van der Waals surface area contributed by atoms with Crippen LogP contribution in [0, 0.1) is 43.6 Å². The van der Waals surface area contributed by atoms with E-state index in [0.717, 1.165) is 0 Å². The number of nitrogens with zero attached hydrogens (tertiary/aromatic N) is 3. The Morgan fingerprint density at radius 1 is 1.33 bits per heavy atom. The third kappa shape index (κ3) is 2.07. The molecule has 0 aromatic heterocycles. The number of halogens is 1. The highest BCUT2D eigenvalue weighted by atomic mass is 35.5. The van der Waals surface area contributed by atoms with Crippen LogP contribution in [0.2, 0.25) is 5.02 Å². The van der Waals surface area contributed by atoms with Crippen LogP contribution in [0.5, 0.6) is 0 Å². The van der Waals surface area contributed by atoms with Gasteiger partial charge < -0.3 is 9.47 Å². The Morgan fingerprint density at radius 2 is 1.96 bits per heavy atom. The summed E-state index contributed by atoms with van der Waals surface area (Å²) in [6.07, 6.45) is 0. The molecule has 0 spiro atoms. The van der Waals surface area contributed by atoms with Gasteiger partial charge in [0.1, 0.15) is 5.02 Å². The van der Waals surface area contributed by atoms with Crippen molar-refractivity contribution in [3.05, 3.63) is 38.9 Å². The molecule has 1 heterocycles. The zero-order valence-electron chi connectivity index (χ0n) is 14.7. The van der Waals surface area contributed by atoms with Gasteiger partial charge in [0.15, 0.2) is 10.8 Å². The Hall–Kier alpha value is -2.72. The molecule has 9 nitrogen and oxygen atoms in total. The van der Waals surface area contributed by atoms with Crippen LogP contribution in [0.3, 0.4) is 0 Å². The first-order chi connectivity index (χ1) is 12.8. The van der Waals surface area contributed by atoms with Crippen molar-refractivity contribution in [1.29, 1.82) is 10.5 Å². The largest absolute Gasteiger partial charge is 0.343 e. The number of nitrogens with one attached hydrogen (secondary N) is 1. The van der Waals surface area contributed by atoms with Gasteiger partial charge in [0.2, 0.25) is 0 Å². The SMILES string of the molecule is CCOC1(OCC)[NH+]=C(N)[C@@]2(C#N)[C@@H](c3ccc(Cl)c([N+](=O)[O-])c3)[C@@]12C#N. The molecule has 1 aliphatic heterocycles. The second-order valence-electron chi connectivity index (χ2n) is 6.26. The summed E-state index contributed by atoms with van der Waals surface area (Å²) in [6, 6.07) is 8.48. The molecule has 3 rings (SSSR count). The number of rotatable bonds is 6. The summed E-state index contributed by atoms with van der Waals surface area (Å²) in [7, 11) is 0. The monoisotopic (exact) mass is 390 g/mol. The number of nitro benzene ring substituents is 1. The number of nitro groups is 1. The number of nitrogens with two attached hydrogens (primary N) is 1. The highest BCUT2D eigenvalue weighted by Crippen LogP contribution is 2.78. The normalized spacial score (nSPS) is 30.0. The molecule has 140 valence electrons. The number of nitriles is 2. The van der Waals surface area contributed by atoms with Crippen LogP contribution in [-0.4, -0.2) is 29.9 Å². The lowest BCUT2D eigenvalue weighted by Crippen LogP contribution is -2.91. The molecule has 10 heteroatoms. The molecular weight excluding hydrogens is 374 g/mol. The zero-order chi connectivity index (χ0) is 20.0. The van der Waals surface area contributed by atoms with Crippen molar-refractivity contribution in [1.82, 2.24) is 0 Å². The van der Waals surface area contributed by atoms with Crippen molar-refractivity contribution < 1.29 is 19.4 Å². The first-order valence-electron chi connectivity index (χ1n) is 8.27. The Morgan fingerprint density at radius 3 is 2.44 bits per heavy atom. The molecule has 0 amide bonds. The van der Waals surface area contributed by atoms with Crippen molar-refractivity contribution in [2.24, 2.45) is 16.6 Å². The highest BCUT2D eigenvalue weighted by Gasteiger charge is 2.97. The predicted octanol–water partition coefficient (Wildman–Crippen LogP) is 0.544. The lowest BCUT2D eigenvalue weighted by molar-refractivity contribution is -0.693. The number of fused-ring (bicyclic) bond motifs is 1. The van der Waals surface area contributed by atoms with Gasteiger partial charge in [-0.15, -0.1) is 0 Å². The topological polar surface area (TPSA) is 149 Å². The minimum atomic E-state index is -1.63. The molecular formula is C17H17ClN5O4+. The van der Waals surface area contributed by atoms with Crippen molar-refractivity contribution >= 4 is 23.1 Å². The van der Waals surface area contributed by atoms with E-state index in [1.807, 2.05) is 0 Å². The van der Waals surface area contributed by atoms with Crippen LogP contribution >= 0.6 is 11.6 Å². The number of amidine groups is 1. The van der Waals surface area contributed by atoms with E-state index in [-0.39, 0.29) is 29.8 Å².